The number of urea groups is 1. The van der Waals surface area contributed by atoms with E-state index in [-0.39, 0.29) is 30.2 Å². The summed E-state index contributed by atoms with van der Waals surface area (Å²) in [5, 5.41) is 4.72. The number of carbonyl (C=O) groups is 1. The van der Waals surface area contributed by atoms with Crippen LogP contribution >= 0.6 is 23.2 Å². The maximum absolute atomic E-state index is 12.2. The molecule has 1 aromatic carbocycles. The molecule has 0 radical (unpaired) electrons. The van der Waals surface area contributed by atoms with E-state index in [0.29, 0.717) is 15.9 Å². The van der Waals surface area contributed by atoms with E-state index in [1.54, 1.807) is 14.1 Å². The maximum Gasteiger partial charge on any atom is 0.322 e. The number of nitrogens with zero attached hydrogens (tertiary/aromatic N) is 4. The molecule has 1 aliphatic heterocycles. The molecule has 4 atom stereocenters. The Kier molecular flexibility index (Phi) is 5.96. The molecule has 2 fully saturated rings. The number of amides is 2. The van der Waals surface area contributed by atoms with Crippen LogP contribution in [0.4, 0.5) is 10.6 Å². The molecule has 3 aromatic rings. The van der Waals surface area contributed by atoms with Gasteiger partial charge >= 0.3 is 6.03 Å². The first-order chi connectivity index (χ1) is 16.1. The zero-order valence-electron chi connectivity index (χ0n) is 19.5. The molecule has 1 aliphatic carbocycles. The van der Waals surface area contributed by atoms with Gasteiger partial charge in [0.15, 0.2) is 5.79 Å². The molecule has 180 valence electrons. The molecular formula is C24H27Cl2N5O3. The summed E-state index contributed by atoms with van der Waals surface area (Å²) in [6.07, 6.45) is 4.91. The molecule has 2 amide bonds. The van der Waals surface area contributed by atoms with Crippen molar-refractivity contribution in [3.63, 3.8) is 0 Å². The Hall–Kier alpha value is -2.39. The van der Waals surface area contributed by atoms with E-state index < -0.39 is 5.79 Å². The normalized spacial score (nSPS) is 25.5. The van der Waals surface area contributed by atoms with Crippen LogP contribution in [0.3, 0.4) is 0 Å². The second-order valence-corrected chi connectivity index (χ2v) is 10.4. The van der Waals surface area contributed by atoms with Gasteiger partial charge in [0.05, 0.1) is 27.6 Å². The summed E-state index contributed by atoms with van der Waals surface area (Å²) in [5.41, 5.74) is 1.86. The molecule has 34 heavy (non-hydrogen) atoms. The summed E-state index contributed by atoms with van der Waals surface area (Å²) < 4.78 is 14.9. The fourth-order valence-corrected chi connectivity index (χ4v) is 5.37. The minimum Gasteiger partial charge on any atom is -0.344 e. The van der Waals surface area contributed by atoms with E-state index in [2.05, 4.69) is 19.9 Å². The van der Waals surface area contributed by atoms with Gasteiger partial charge in [0.2, 0.25) is 0 Å². The zero-order valence-corrected chi connectivity index (χ0v) is 21.0. The standard InChI is InChI=1S/C24H27Cl2N5O3/c1-24(2)33-19-14(9-13-5-6-16(25)17(26)10-13)11-18(20(19)34-24)31-8-7-15-21(27-12-28-22(15)31)29-23(32)30(3)4/h5-8,10,12,14,18-20H,9,11H2,1-4H3,(H,27,28,29,32)/t14-,18+,19+,20-/m0/s1. The third-order valence-electron chi connectivity index (χ3n) is 6.53. The highest BCUT2D eigenvalue weighted by atomic mass is 35.5. The van der Waals surface area contributed by atoms with E-state index in [0.717, 1.165) is 29.4 Å². The predicted octanol–water partition coefficient (Wildman–Crippen LogP) is 5.16. The van der Waals surface area contributed by atoms with Crippen LogP contribution in [0.2, 0.25) is 10.0 Å². The fraction of sp³-hybridized carbons (Fsp3) is 0.458. The first-order valence-electron chi connectivity index (χ1n) is 11.2. The Balaban J connectivity index is 1.47. The van der Waals surface area contributed by atoms with Crippen LogP contribution < -0.4 is 5.32 Å². The lowest BCUT2D eigenvalue weighted by Gasteiger charge is -2.24. The third-order valence-corrected chi connectivity index (χ3v) is 7.27. The summed E-state index contributed by atoms with van der Waals surface area (Å²) in [5.74, 6) is 0.0293. The van der Waals surface area contributed by atoms with Crippen LogP contribution in [0.25, 0.3) is 11.0 Å². The Morgan fingerprint density at radius 3 is 2.68 bits per heavy atom. The number of hydrogen-bond acceptors (Lipinski definition) is 5. The first-order valence-corrected chi connectivity index (χ1v) is 12.0. The van der Waals surface area contributed by atoms with Gasteiger partial charge in [-0.05, 0) is 56.4 Å². The summed E-state index contributed by atoms with van der Waals surface area (Å²) in [4.78, 5) is 22.5. The Labute approximate surface area is 208 Å². The molecular weight excluding hydrogens is 477 g/mol. The van der Waals surface area contributed by atoms with Crippen molar-refractivity contribution in [1.82, 2.24) is 19.4 Å². The topological polar surface area (TPSA) is 81.5 Å². The highest BCUT2D eigenvalue weighted by molar-refractivity contribution is 6.42. The van der Waals surface area contributed by atoms with Crippen LogP contribution in [-0.2, 0) is 15.9 Å². The number of nitrogens with one attached hydrogen (secondary N) is 1. The van der Waals surface area contributed by atoms with Crippen molar-refractivity contribution in [1.29, 1.82) is 0 Å². The number of fused-ring (bicyclic) bond motifs is 2. The van der Waals surface area contributed by atoms with E-state index in [9.17, 15) is 4.79 Å². The molecule has 1 saturated heterocycles. The molecule has 3 heterocycles. The van der Waals surface area contributed by atoms with Crippen molar-refractivity contribution in [2.45, 2.75) is 50.7 Å². The number of rotatable bonds is 4. The van der Waals surface area contributed by atoms with Crippen molar-refractivity contribution in [3.05, 3.63) is 52.4 Å². The van der Waals surface area contributed by atoms with Crippen LogP contribution in [0.15, 0.2) is 36.8 Å². The number of hydrogen-bond donors (Lipinski definition) is 1. The quantitative estimate of drug-likeness (QED) is 0.531. The monoisotopic (exact) mass is 503 g/mol. The lowest BCUT2D eigenvalue weighted by Crippen LogP contribution is -2.28. The van der Waals surface area contributed by atoms with E-state index in [1.807, 2.05) is 44.3 Å². The SMILES string of the molecule is CN(C)C(=O)Nc1ncnc2c1ccn2[C@@H]1C[C@H](Cc2ccc(Cl)c(Cl)c2)[C@H]2OC(C)(C)O[C@H]21. The Morgan fingerprint density at radius 2 is 1.94 bits per heavy atom. The highest BCUT2D eigenvalue weighted by Gasteiger charge is 2.54. The lowest BCUT2D eigenvalue weighted by atomic mass is 9.96. The van der Waals surface area contributed by atoms with Crippen molar-refractivity contribution in [2.24, 2.45) is 5.92 Å². The number of carbonyl (C=O) groups excluding carboxylic acids is 1. The number of ether oxygens (including phenoxy) is 2. The van der Waals surface area contributed by atoms with Gasteiger partial charge in [0.25, 0.3) is 0 Å². The molecule has 0 bridgehead atoms. The van der Waals surface area contributed by atoms with E-state index in [4.69, 9.17) is 32.7 Å². The molecule has 2 aliphatic rings. The van der Waals surface area contributed by atoms with E-state index in [1.165, 1.54) is 11.2 Å². The van der Waals surface area contributed by atoms with Gasteiger partial charge in [-0.2, -0.15) is 0 Å². The molecule has 1 saturated carbocycles. The predicted molar refractivity (Wildman–Crippen MR) is 131 cm³/mol. The maximum atomic E-state index is 12.2. The number of aromatic nitrogens is 3. The molecule has 2 aromatic heterocycles. The molecule has 5 rings (SSSR count). The average molecular weight is 504 g/mol. The Bertz CT molecular complexity index is 1240. The molecule has 0 unspecified atom stereocenters. The minimum absolute atomic E-state index is 0.0179. The van der Waals surface area contributed by atoms with Gasteiger partial charge in [-0.3, -0.25) is 5.32 Å². The average Bonchev–Trinajstić information content (AvgIpc) is 3.42. The summed E-state index contributed by atoms with van der Waals surface area (Å²) in [6, 6.07) is 7.47. The van der Waals surface area contributed by atoms with Gasteiger partial charge in [-0.25, -0.2) is 14.8 Å². The fourth-order valence-electron chi connectivity index (χ4n) is 5.05. The van der Waals surface area contributed by atoms with E-state index >= 15 is 0 Å². The summed E-state index contributed by atoms with van der Waals surface area (Å²) in [7, 11) is 3.37. The minimum atomic E-state index is -0.674. The van der Waals surface area contributed by atoms with Gasteiger partial charge in [-0.1, -0.05) is 29.3 Å². The van der Waals surface area contributed by atoms with Crippen molar-refractivity contribution < 1.29 is 14.3 Å². The number of anilines is 1. The first kappa shape index (κ1) is 23.4. The Morgan fingerprint density at radius 1 is 1.18 bits per heavy atom. The number of benzene rings is 1. The molecule has 0 spiro atoms. The van der Waals surface area contributed by atoms with Gasteiger partial charge in [-0.15, -0.1) is 0 Å². The summed E-state index contributed by atoms with van der Waals surface area (Å²) >= 11 is 12.4. The zero-order chi connectivity index (χ0) is 24.2. The second kappa shape index (κ2) is 8.68. The third kappa shape index (κ3) is 4.24. The highest BCUT2D eigenvalue weighted by Crippen LogP contribution is 2.49. The summed E-state index contributed by atoms with van der Waals surface area (Å²) in [6.45, 7) is 3.90. The van der Waals surface area contributed by atoms with Crippen molar-refractivity contribution in [3.8, 4) is 0 Å². The van der Waals surface area contributed by atoms with Crippen LogP contribution in [0.1, 0.15) is 31.9 Å². The van der Waals surface area contributed by atoms with Crippen LogP contribution in [0.5, 0.6) is 0 Å². The molecule has 8 nitrogen and oxygen atoms in total. The lowest BCUT2D eigenvalue weighted by molar-refractivity contribution is -0.160. The van der Waals surface area contributed by atoms with Crippen LogP contribution in [-0.4, -0.2) is 57.6 Å². The molecule has 10 heteroatoms. The van der Waals surface area contributed by atoms with Gasteiger partial charge in [0, 0.05) is 20.3 Å². The van der Waals surface area contributed by atoms with Gasteiger partial charge in [0.1, 0.15) is 23.9 Å². The second-order valence-electron chi connectivity index (χ2n) is 9.59. The van der Waals surface area contributed by atoms with Gasteiger partial charge < -0.3 is 18.9 Å². The smallest absolute Gasteiger partial charge is 0.322 e. The van der Waals surface area contributed by atoms with Crippen molar-refractivity contribution >= 4 is 46.1 Å². The molecule has 1 N–H and O–H groups in total. The van der Waals surface area contributed by atoms with Crippen LogP contribution in [0, 0.1) is 5.92 Å². The largest absolute Gasteiger partial charge is 0.344 e. The van der Waals surface area contributed by atoms with Crippen molar-refractivity contribution in [2.75, 3.05) is 19.4 Å². The number of halogens is 2.